The van der Waals surface area contributed by atoms with Crippen LogP contribution in [0.25, 0.3) is 10.9 Å². The summed E-state index contributed by atoms with van der Waals surface area (Å²) in [6.45, 7) is 0. The molecule has 0 aliphatic carbocycles. The van der Waals surface area contributed by atoms with E-state index in [1.807, 2.05) is 0 Å². The standard InChI is InChI=1S/C11H8ClNO3/c1-16-9-3-2-8-7(10(9)12)4-6(5-13-8)11(14)15/h2-5H,1H3,(H,14,15). The summed E-state index contributed by atoms with van der Waals surface area (Å²) < 4.78 is 5.05. The molecule has 0 spiro atoms. The number of rotatable bonds is 2. The molecule has 0 radical (unpaired) electrons. The van der Waals surface area contributed by atoms with Gasteiger partial charge in [-0.3, -0.25) is 4.98 Å². The second kappa shape index (κ2) is 3.98. The van der Waals surface area contributed by atoms with Gasteiger partial charge in [-0.1, -0.05) is 11.6 Å². The predicted molar refractivity (Wildman–Crippen MR) is 60.3 cm³/mol. The van der Waals surface area contributed by atoms with Gasteiger partial charge in [-0.15, -0.1) is 0 Å². The highest BCUT2D eigenvalue weighted by Gasteiger charge is 2.10. The lowest BCUT2D eigenvalue weighted by atomic mass is 10.1. The maximum atomic E-state index is 10.8. The molecule has 16 heavy (non-hydrogen) atoms. The van der Waals surface area contributed by atoms with Crippen molar-refractivity contribution < 1.29 is 14.6 Å². The van der Waals surface area contributed by atoms with E-state index >= 15 is 0 Å². The van der Waals surface area contributed by atoms with E-state index in [1.165, 1.54) is 19.4 Å². The molecule has 0 atom stereocenters. The van der Waals surface area contributed by atoms with Crippen LogP contribution in [-0.4, -0.2) is 23.2 Å². The Labute approximate surface area is 96.4 Å². The zero-order valence-corrected chi connectivity index (χ0v) is 9.15. The molecule has 0 aliphatic heterocycles. The molecule has 5 heteroatoms. The summed E-state index contributed by atoms with van der Waals surface area (Å²) in [4.78, 5) is 14.8. The fourth-order valence-corrected chi connectivity index (χ4v) is 1.71. The Kier molecular flexibility index (Phi) is 2.66. The van der Waals surface area contributed by atoms with Crippen molar-refractivity contribution in [3.8, 4) is 5.75 Å². The van der Waals surface area contributed by atoms with E-state index in [9.17, 15) is 4.79 Å². The summed E-state index contributed by atoms with van der Waals surface area (Å²) in [6.07, 6.45) is 1.30. The highest BCUT2D eigenvalue weighted by atomic mass is 35.5. The minimum atomic E-state index is -1.03. The summed E-state index contributed by atoms with van der Waals surface area (Å²) in [5.74, 6) is -0.535. The third kappa shape index (κ3) is 1.67. The zero-order chi connectivity index (χ0) is 11.7. The van der Waals surface area contributed by atoms with E-state index in [0.29, 0.717) is 21.7 Å². The minimum Gasteiger partial charge on any atom is -0.495 e. The molecule has 0 amide bonds. The molecular formula is C11H8ClNO3. The molecular weight excluding hydrogens is 230 g/mol. The van der Waals surface area contributed by atoms with Crippen LogP contribution in [0, 0.1) is 0 Å². The van der Waals surface area contributed by atoms with Crippen molar-refractivity contribution in [3.05, 3.63) is 35.0 Å². The highest BCUT2D eigenvalue weighted by Crippen LogP contribution is 2.31. The zero-order valence-electron chi connectivity index (χ0n) is 8.40. The number of carboxylic acid groups (broad SMARTS) is 1. The monoisotopic (exact) mass is 237 g/mol. The molecule has 4 nitrogen and oxygen atoms in total. The molecule has 1 aromatic carbocycles. The number of pyridine rings is 1. The maximum absolute atomic E-state index is 10.8. The van der Waals surface area contributed by atoms with Crippen LogP contribution in [0.15, 0.2) is 24.4 Å². The molecule has 0 fully saturated rings. The first-order chi connectivity index (χ1) is 7.63. The Morgan fingerprint density at radius 3 is 2.88 bits per heavy atom. The van der Waals surface area contributed by atoms with Gasteiger partial charge in [-0.25, -0.2) is 4.79 Å². The fraction of sp³-hybridized carbons (Fsp3) is 0.0909. The Bertz CT molecular complexity index is 568. The minimum absolute atomic E-state index is 0.0997. The van der Waals surface area contributed by atoms with Crippen LogP contribution in [0.1, 0.15) is 10.4 Å². The molecule has 82 valence electrons. The van der Waals surface area contributed by atoms with Crippen LogP contribution in [0.4, 0.5) is 0 Å². The van der Waals surface area contributed by atoms with E-state index in [-0.39, 0.29) is 5.56 Å². The predicted octanol–water partition coefficient (Wildman–Crippen LogP) is 2.60. The van der Waals surface area contributed by atoms with Crippen LogP contribution in [-0.2, 0) is 0 Å². The molecule has 1 heterocycles. The Morgan fingerprint density at radius 1 is 1.50 bits per heavy atom. The lowest BCUT2D eigenvalue weighted by Crippen LogP contribution is -1.97. The summed E-state index contributed by atoms with van der Waals surface area (Å²) in [5.41, 5.74) is 0.735. The summed E-state index contributed by atoms with van der Waals surface area (Å²) in [6, 6.07) is 4.90. The first-order valence-electron chi connectivity index (χ1n) is 4.49. The number of aromatic nitrogens is 1. The molecule has 1 aromatic heterocycles. The van der Waals surface area contributed by atoms with Gasteiger partial charge in [-0.2, -0.15) is 0 Å². The average molecular weight is 238 g/mol. The van der Waals surface area contributed by atoms with Gasteiger partial charge in [0.1, 0.15) is 5.75 Å². The van der Waals surface area contributed by atoms with Gasteiger partial charge in [0.15, 0.2) is 0 Å². The first kappa shape index (κ1) is 10.7. The van der Waals surface area contributed by atoms with Crippen molar-refractivity contribution in [2.45, 2.75) is 0 Å². The van der Waals surface area contributed by atoms with E-state index < -0.39 is 5.97 Å². The van der Waals surface area contributed by atoms with Crippen molar-refractivity contribution in [1.82, 2.24) is 4.98 Å². The molecule has 0 saturated heterocycles. The third-order valence-corrected chi connectivity index (χ3v) is 2.62. The number of hydrogen-bond donors (Lipinski definition) is 1. The normalized spacial score (nSPS) is 10.4. The lowest BCUT2D eigenvalue weighted by Gasteiger charge is -2.06. The highest BCUT2D eigenvalue weighted by molar-refractivity contribution is 6.37. The van der Waals surface area contributed by atoms with E-state index in [4.69, 9.17) is 21.4 Å². The summed E-state index contributed by atoms with van der Waals surface area (Å²) in [5, 5.41) is 9.79. The lowest BCUT2D eigenvalue weighted by molar-refractivity contribution is 0.0696. The van der Waals surface area contributed by atoms with Gasteiger partial charge in [0, 0.05) is 11.6 Å². The second-order valence-corrected chi connectivity index (χ2v) is 3.56. The van der Waals surface area contributed by atoms with Gasteiger partial charge in [0.25, 0.3) is 0 Å². The van der Waals surface area contributed by atoms with Gasteiger partial charge in [0.2, 0.25) is 0 Å². The summed E-state index contributed by atoms with van der Waals surface area (Å²) in [7, 11) is 1.50. The van der Waals surface area contributed by atoms with Crippen LogP contribution in [0.2, 0.25) is 5.02 Å². The number of fused-ring (bicyclic) bond motifs is 1. The van der Waals surface area contributed by atoms with Crippen molar-refractivity contribution in [3.63, 3.8) is 0 Å². The van der Waals surface area contributed by atoms with Crippen LogP contribution < -0.4 is 4.74 Å². The molecule has 0 bridgehead atoms. The number of hydrogen-bond acceptors (Lipinski definition) is 3. The number of methoxy groups -OCH3 is 1. The largest absolute Gasteiger partial charge is 0.495 e. The number of halogens is 1. The number of carbonyl (C=O) groups is 1. The van der Waals surface area contributed by atoms with Gasteiger partial charge >= 0.3 is 5.97 Å². The number of ether oxygens (including phenoxy) is 1. The van der Waals surface area contributed by atoms with E-state index in [2.05, 4.69) is 4.98 Å². The maximum Gasteiger partial charge on any atom is 0.337 e. The fourth-order valence-electron chi connectivity index (χ4n) is 1.42. The van der Waals surface area contributed by atoms with Crippen molar-refractivity contribution in [2.24, 2.45) is 0 Å². The second-order valence-electron chi connectivity index (χ2n) is 3.18. The molecule has 2 aromatic rings. The molecule has 0 unspecified atom stereocenters. The molecule has 0 aliphatic rings. The van der Waals surface area contributed by atoms with Gasteiger partial charge < -0.3 is 9.84 Å². The Hall–Kier alpha value is -1.81. The van der Waals surface area contributed by atoms with Crippen LogP contribution in [0.5, 0.6) is 5.75 Å². The van der Waals surface area contributed by atoms with Gasteiger partial charge in [0.05, 0.1) is 23.2 Å². The smallest absolute Gasteiger partial charge is 0.337 e. The van der Waals surface area contributed by atoms with E-state index in [0.717, 1.165) is 0 Å². The quantitative estimate of drug-likeness (QED) is 0.872. The van der Waals surface area contributed by atoms with Crippen molar-refractivity contribution in [2.75, 3.05) is 7.11 Å². The van der Waals surface area contributed by atoms with Crippen LogP contribution >= 0.6 is 11.6 Å². The van der Waals surface area contributed by atoms with Crippen molar-refractivity contribution >= 4 is 28.5 Å². The molecule has 1 N–H and O–H groups in total. The number of benzene rings is 1. The molecule has 2 rings (SSSR count). The Balaban J connectivity index is 2.74. The van der Waals surface area contributed by atoms with E-state index in [1.54, 1.807) is 12.1 Å². The van der Waals surface area contributed by atoms with Crippen molar-refractivity contribution in [1.29, 1.82) is 0 Å². The Morgan fingerprint density at radius 2 is 2.25 bits per heavy atom. The topological polar surface area (TPSA) is 59.4 Å². The van der Waals surface area contributed by atoms with Gasteiger partial charge in [-0.05, 0) is 18.2 Å². The number of carboxylic acids is 1. The SMILES string of the molecule is COc1ccc2ncc(C(=O)O)cc2c1Cl. The third-order valence-electron chi connectivity index (χ3n) is 2.23. The first-order valence-corrected chi connectivity index (χ1v) is 4.87. The van der Waals surface area contributed by atoms with Crippen LogP contribution in [0.3, 0.4) is 0 Å². The summed E-state index contributed by atoms with van der Waals surface area (Å²) >= 11 is 6.06. The number of aromatic carboxylic acids is 1. The average Bonchev–Trinajstić information content (AvgIpc) is 2.29. The molecule has 0 saturated carbocycles. The number of nitrogens with zero attached hydrogens (tertiary/aromatic N) is 1.